The number of benzene rings is 3. The minimum absolute atomic E-state index is 0.120. The summed E-state index contributed by atoms with van der Waals surface area (Å²) in [6, 6.07) is 18.5. The van der Waals surface area contributed by atoms with Crippen LogP contribution in [0.15, 0.2) is 69.1 Å². The summed E-state index contributed by atoms with van der Waals surface area (Å²) in [5, 5.41) is 20.9. The first-order valence-electron chi connectivity index (χ1n) is 14.3. The lowest BCUT2D eigenvalue weighted by Crippen LogP contribution is -2.25. The van der Waals surface area contributed by atoms with Crippen LogP contribution >= 0.6 is 31.9 Å². The smallest absolute Gasteiger partial charge is 0.331 e. The van der Waals surface area contributed by atoms with Crippen molar-refractivity contribution in [1.82, 2.24) is 0 Å². The van der Waals surface area contributed by atoms with E-state index in [0.29, 0.717) is 24.0 Å². The topological polar surface area (TPSA) is 60.8 Å². The second-order valence-corrected chi connectivity index (χ2v) is 12.8. The van der Waals surface area contributed by atoms with Gasteiger partial charge in [-0.25, -0.2) is 4.79 Å². The standard InChI is InChI=1S/C34H39Br2NO3/c1-4-6-17-37(18-7-5-2)27-13-10-23(32(38)22-27)19-24(33(39)40)9-8-16-34(3)30-20-25(35)11-14-28(30)29-15-12-26(36)21-31(29)34/h10-15,19-22,38H,4-9,16-18H2,1-3H3,(H,39,40). The zero-order valence-corrected chi connectivity index (χ0v) is 26.8. The number of aliphatic carboxylic acids is 1. The van der Waals surface area contributed by atoms with Gasteiger partial charge < -0.3 is 15.1 Å². The highest BCUT2D eigenvalue weighted by molar-refractivity contribution is 9.10. The molecule has 212 valence electrons. The number of carboxylic acids is 1. The molecule has 0 saturated carbocycles. The van der Waals surface area contributed by atoms with Crippen LogP contribution in [0.3, 0.4) is 0 Å². The van der Waals surface area contributed by atoms with Crippen LogP contribution in [0.5, 0.6) is 5.75 Å². The van der Waals surface area contributed by atoms with E-state index in [2.05, 4.69) is 93.9 Å². The van der Waals surface area contributed by atoms with Crippen LogP contribution in [-0.2, 0) is 10.2 Å². The second-order valence-electron chi connectivity index (χ2n) is 11.0. The van der Waals surface area contributed by atoms with Gasteiger partial charge >= 0.3 is 5.97 Å². The fraction of sp³-hybridized carbons (Fsp3) is 0.382. The highest BCUT2D eigenvalue weighted by atomic mass is 79.9. The summed E-state index contributed by atoms with van der Waals surface area (Å²) in [5.41, 5.74) is 6.60. The van der Waals surface area contributed by atoms with E-state index in [1.165, 1.54) is 22.3 Å². The van der Waals surface area contributed by atoms with Crippen molar-refractivity contribution in [2.45, 2.75) is 71.1 Å². The molecule has 40 heavy (non-hydrogen) atoms. The second kappa shape index (κ2) is 13.4. The summed E-state index contributed by atoms with van der Waals surface area (Å²) in [4.78, 5) is 14.6. The summed E-state index contributed by atoms with van der Waals surface area (Å²) < 4.78 is 2.08. The zero-order chi connectivity index (χ0) is 28.9. The molecule has 1 aliphatic rings. The first kappa shape index (κ1) is 30.4. The average Bonchev–Trinajstić information content (AvgIpc) is 3.16. The Morgan fingerprint density at radius 1 is 0.875 bits per heavy atom. The van der Waals surface area contributed by atoms with Crippen molar-refractivity contribution in [2.24, 2.45) is 0 Å². The average molecular weight is 669 g/mol. The molecule has 0 saturated heterocycles. The number of hydrogen-bond acceptors (Lipinski definition) is 3. The molecule has 4 nitrogen and oxygen atoms in total. The number of carboxylic acid groups (broad SMARTS) is 1. The van der Waals surface area contributed by atoms with Crippen LogP contribution in [0, 0.1) is 0 Å². The quantitative estimate of drug-likeness (QED) is 0.178. The fourth-order valence-electron chi connectivity index (χ4n) is 5.81. The van der Waals surface area contributed by atoms with E-state index in [-0.39, 0.29) is 11.2 Å². The highest BCUT2D eigenvalue weighted by Gasteiger charge is 2.39. The minimum Gasteiger partial charge on any atom is -0.507 e. The van der Waals surface area contributed by atoms with Crippen molar-refractivity contribution in [3.63, 3.8) is 0 Å². The number of phenolic OH excluding ortho intramolecular Hbond substituents is 1. The Hall–Kier alpha value is -2.57. The number of fused-ring (bicyclic) bond motifs is 3. The van der Waals surface area contributed by atoms with Gasteiger partial charge in [0.15, 0.2) is 0 Å². The summed E-state index contributed by atoms with van der Waals surface area (Å²) >= 11 is 7.29. The summed E-state index contributed by atoms with van der Waals surface area (Å²) in [7, 11) is 0. The Labute approximate surface area is 255 Å². The number of nitrogens with zero attached hydrogens (tertiary/aromatic N) is 1. The van der Waals surface area contributed by atoms with Crippen LogP contribution in [0.2, 0.25) is 0 Å². The number of aromatic hydroxyl groups is 1. The van der Waals surface area contributed by atoms with E-state index in [9.17, 15) is 15.0 Å². The number of halogens is 2. The molecule has 2 N–H and O–H groups in total. The molecule has 0 aliphatic heterocycles. The molecular formula is C34H39Br2NO3. The number of rotatable bonds is 13. The van der Waals surface area contributed by atoms with Gasteiger partial charge in [-0.3, -0.25) is 0 Å². The normalized spacial score (nSPS) is 13.7. The van der Waals surface area contributed by atoms with E-state index in [1.807, 2.05) is 12.1 Å². The summed E-state index contributed by atoms with van der Waals surface area (Å²) in [5.74, 6) is -0.826. The van der Waals surface area contributed by atoms with Gasteiger partial charge in [0.25, 0.3) is 0 Å². The minimum atomic E-state index is -0.946. The van der Waals surface area contributed by atoms with Gasteiger partial charge in [-0.15, -0.1) is 0 Å². The highest BCUT2D eigenvalue weighted by Crippen LogP contribution is 2.52. The van der Waals surface area contributed by atoms with Crippen molar-refractivity contribution < 1.29 is 15.0 Å². The number of unbranched alkanes of at least 4 members (excludes halogenated alkanes) is 2. The Kier molecular flexibility index (Phi) is 10.2. The molecule has 3 aromatic rings. The zero-order valence-electron chi connectivity index (χ0n) is 23.6. The third kappa shape index (κ3) is 6.66. The molecule has 0 heterocycles. The lowest BCUT2D eigenvalue weighted by Gasteiger charge is -2.28. The first-order valence-corrected chi connectivity index (χ1v) is 15.9. The number of phenols is 1. The molecular weight excluding hydrogens is 630 g/mol. The molecule has 0 bridgehead atoms. The number of hydrogen-bond donors (Lipinski definition) is 2. The maximum absolute atomic E-state index is 12.2. The molecule has 0 aromatic heterocycles. The molecule has 0 atom stereocenters. The van der Waals surface area contributed by atoms with Crippen LogP contribution in [0.1, 0.15) is 82.4 Å². The van der Waals surface area contributed by atoms with Gasteiger partial charge in [0, 0.05) is 50.3 Å². The largest absolute Gasteiger partial charge is 0.507 e. The maximum Gasteiger partial charge on any atom is 0.331 e. The number of anilines is 1. The van der Waals surface area contributed by atoms with Gasteiger partial charge in [0.2, 0.25) is 0 Å². The monoisotopic (exact) mass is 667 g/mol. The van der Waals surface area contributed by atoms with Gasteiger partial charge in [-0.1, -0.05) is 77.6 Å². The van der Waals surface area contributed by atoms with Crippen LogP contribution < -0.4 is 4.90 Å². The Balaban J connectivity index is 1.54. The molecule has 4 rings (SSSR count). The third-order valence-corrected chi connectivity index (χ3v) is 9.10. The summed E-state index contributed by atoms with van der Waals surface area (Å²) in [6.07, 6.45) is 7.97. The lowest BCUT2D eigenvalue weighted by atomic mass is 9.76. The SMILES string of the molecule is CCCCN(CCCC)c1ccc(C=C(CCCC2(C)c3cc(Br)ccc3-c3ccc(Br)cc32)C(=O)O)c(O)c1. The predicted molar refractivity (Wildman–Crippen MR) is 173 cm³/mol. The molecule has 0 fully saturated rings. The fourth-order valence-corrected chi connectivity index (χ4v) is 6.53. The van der Waals surface area contributed by atoms with E-state index in [4.69, 9.17) is 0 Å². The maximum atomic E-state index is 12.2. The summed E-state index contributed by atoms with van der Waals surface area (Å²) in [6.45, 7) is 8.51. The molecule has 3 aromatic carbocycles. The Morgan fingerprint density at radius 3 is 1.95 bits per heavy atom. The van der Waals surface area contributed by atoms with E-state index in [0.717, 1.165) is 59.8 Å². The van der Waals surface area contributed by atoms with E-state index < -0.39 is 5.97 Å². The van der Waals surface area contributed by atoms with Gasteiger partial charge in [0.05, 0.1) is 0 Å². The molecule has 0 unspecified atom stereocenters. The van der Waals surface area contributed by atoms with E-state index >= 15 is 0 Å². The lowest BCUT2D eigenvalue weighted by molar-refractivity contribution is -0.132. The van der Waals surface area contributed by atoms with Crippen molar-refractivity contribution in [2.75, 3.05) is 18.0 Å². The van der Waals surface area contributed by atoms with E-state index in [1.54, 1.807) is 12.1 Å². The Bertz CT molecular complexity index is 1340. The predicted octanol–water partition coefficient (Wildman–Crippen LogP) is 9.95. The third-order valence-electron chi connectivity index (χ3n) is 8.11. The van der Waals surface area contributed by atoms with Crippen molar-refractivity contribution >= 4 is 49.6 Å². The number of carbonyl (C=O) groups is 1. The van der Waals surface area contributed by atoms with Crippen LogP contribution in [0.25, 0.3) is 17.2 Å². The Morgan fingerprint density at radius 2 is 1.45 bits per heavy atom. The van der Waals surface area contributed by atoms with Crippen molar-refractivity contribution in [3.8, 4) is 16.9 Å². The molecule has 0 spiro atoms. The van der Waals surface area contributed by atoms with Crippen molar-refractivity contribution in [1.29, 1.82) is 0 Å². The molecule has 6 heteroatoms. The first-order chi connectivity index (χ1) is 19.2. The van der Waals surface area contributed by atoms with Crippen LogP contribution in [0.4, 0.5) is 5.69 Å². The van der Waals surface area contributed by atoms with Crippen molar-refractivity contribution in [3.05, 3.63) is 85.8 Å². The van der Waals surface area contributed by atoms with Gasteiger partial charge in [0.1, 0.15) is 5.75 Å². The molecule has 1 aliphatic carbocycles. The van der Waals surface area contributed by atoms with Gasteiger partial charge in [-0.05, 0) is 96.8 Å². The molecule has 0 radical (unpaired) electrons. The van der Waals surface area contributed by atoms with Crippen LogP contribution in [-0.4, -0.2) is 29.3 Å². The molecule has 0 amide bonds. The van der Waals surface area contributed by atoms with Gasteiger partial charge in [-0.2, -0.15) is 0 Å².